The van der Waals surface area contributed by atoms with Crippen molar-refractivity contribution in [1.29, 1.82) is 0 Å². The molecule has 0 fully saturated rings. The zero-order valence-corrected chi connectivity index (χ0v) is 14.7. The monoisotopic (exact) mass is 333 g/mol. The van der Waals surface area contributed by atoms with Crippen LogP contribution in [0.15, 0.2) is 97.1 Å². The van der Waals surface area contributed by atoms with Crippen LogP contribution in [0.2, 0.25) is 0 Å². The van der Waals surface area contributed by atoms with Crippen molar-refractivity contribution in [2.24, 2.45) is 0 Å². The highest BCUT2D eigenvalue weighted by Gasteiger charge is 2.24. The minimum atomic E-state index is 1.18. The van der Waals surface area contributed by atoms with Crippen molar-refractivity contribution in [2.45, 2.75) is 6.92 Å². The molecule has 1 aliphatic rings. The largest absolute Gasteiger partial charge is 0.309 e. The predicted octanol–water partition coefficient (Wildman–Crippen LogP) is 7.11. The smallest absolute Gasteiger partial charge is 0.0540 e. The third-order valence-corrected chi connectivity index (χ3v) is 5.09. The normalized spacial score (nSPS) is 12.0. The second kappa shape index (κ2) is 5.89. The fraction of sp³-hybridized carbons (Fsp3) is 0.0400. The molecule has 1 heterocycles. The number of hydrogen-bond donors (Lipinski definition) is 0. The number of benzene rings is 4. The molecule has 0 N–H and O–H groups in total. The van der Waals surface area contributed by atoms with Gasteiger partial charge >= 0.3 is 0 Å². The highest BCUT2D eigenvalue weighted by molar-refractivity contribution is 6.02. The van der Waals surface area contributed by atoms with Crippen molar-refractivity contribution in [2.75, 3.05) is 4.90 Å². The molecule has 26 heavy (non-hydrogen) atoms. The van der Waals surface area contributed by atoms with Crippen LogP contribution in [0.3, 0.4) is 0 Å². The van der Waals surface area contributed by atoms with Crippen LogP contribution in [0.5, 0.6) is 0 Å². The quantitative estimate of drug-likeness (QED) is 0.316. The molecule has 1 nitrogen and oxygen atoms in total. The molecule has 4 aromatic carbocycles. The van der Waals surface area contributed by atoms with E-state index in [0.717, 1.165) is 0 Å². The number of nitrogens with zero attached hydrogens (tertiary/aromatic N) is 1. The van der Waals surface area contributed by atoms with Gasteiger partial charge in [-0.25, -0.2) is 0 Å². The number of fused-ring (bicyclic) bond motifs is 5. The van der Waals surface area contributed by atoms with Crippen molar-refractivity contribution in [1.82, 2.24) is 0 Å². The van der Waals surface area contributed by atoms with Crippen molar-refractivity contribution in [3.63, 3.8) is 0 Å². The number of aryl methyl sites for hydroxylation is 1. The van der Waals surface area contributed by atoms with Gasteiger partial charge < -0.3 is 4.90 Å². The van der Waals surface area contributed by atoms with E-state index in [4.69, 9.17) is 0 Å². The van der Waals surface area contributed by atoms with Gasteiger partial charge in [-0.2, -0.15) is 0 Å². The molecule has 4 aromatic rings. The highest BCUT2D eigenvalue weighted by atomic mass is 15.1. The number of anilines is 3. The Morgan fingerprint density at radius 2 is 0.885 bits per heavy atom. The van der Waals surface area contributed by atoms with Crippen molar-refractivity contribution < 1.29 is 0 Å². The van der Waals surface area contributed by atoms with Crippen LogP contribution >= 0.6 is 0 Å². The van der Waals surface area contributed by atoms with E-state index in [1.165, 1.54) is 44.9 Å². The second-order valence-electron chi connectivity index (χ2n) is 6.75. The third kappa shape index (κ3) is 2.25. The molecule has 5 rings (SSSR count). The molecule has 0 aliphatic carbocycles. The van der Waals surface area contributed by atoms with E-state index in [9.17, 15) is 0 Å². The summed E-state index contributed by atoms with van der Waals surface area (Å²) in [7, 11) is 0. The topological polar surface area (TPSA) is 3.24 Å². The Hall–Kier alpha value is -3.32. The summed E-state index contributed by atoms with van der Waals surface area (Å²) < 4.78 is 0. The molecule has 0 bridgehead atoms. The molecular weight excluding hydrogens is 314 g/mol. The molecule has 1 aliphatic heterocycles. The van der Waals surface area contributed by atoms with Gasteiger partial charge in [0.2, 0.25) is 0 Å². The van der Waals surface area contributed by atoms with Gasteiger partial charge in [0.15, 0.2) is 0 Å². The Morgan fingerprint density at radius 3 is 1.38 bits per heavy atom. The molecule has 0 unspecified atom stereocenters. The van der Waals surface area contributed by atoms with Gasteiger partial charge in [-0.15, -0.1) is 0 Å². The molecule has 0 amide bonds. The van der Waals surface area contributed by atoms with E-state index in [2.05, 4.69) is 109 Å². The fourth-order valence-corrected chi connectivity index (χ4v) is 3.85. The Labute approximate surface area is 154 Å². The molecule has 124 valence electrons. The van der Waals surface area contributed by atoms with E-state index in [-0.39, 0.29) is 0 Å². The third-order valence-electron chi connectivity index (χ3n) is 5.09. The Balaban J connectivity index is 1.89. The maximum absolute atomic E-state index is 2.38. The van der Waals surface area contributed by atoms with Crippen LogP contribution in [0.4, 0.5) is 17.1 Å². The zero-order chi connectivity index (χ0) is 17.5. The minimum Gasteiger partial charge on any atom is -0.309 e. The maximum atomic E-state index is 2.38. The first-order valence-corrected chi connectivity index (χ1v) is 8.97. The summed E-state index contributed by atoms with van der Waals surface area (Å²) in [6.07, 6.45) is 0. The maximum Gasteiger partial charge on any atom is 0.0540 e. The molecular formula is C25H19N. The van der Waals surface area contributed by atoms with E-state index in [1.54, 1.807) is 0 Å². The lowest BCUT2D eigenvalue weighted by molar-refractivity contribution is 1.29. The average Bonchev–Trinajstić information content (AvgIpc) is 2.82. The Bertz CT molecular complexity index is 1030. The fourth-order valence-electron chi connectivity index (χ4n) is 3.85. The molecule has 0 aromatic heterocycles. The first kappa shape index (κ1) is 15.0. The standard InChI is InChI=1S/C25H19N/c1-18-14-16-19(17-15-18)26-24-12-6-4-10-22(24)20-8-2-3-9-21(20)23-11-5-7-13-25(23)26/h2-17H,1H3. The van der Waals surface area contributed by atoms with Crippen LogP contribution in [0.1, 0.15) is 5.56 Å². The molecule has 0 saturated carbocycles. The summed E-state index contributed by atoms with van der Waals surface area (Å²) in [5, 5.41) is 0. The van der Waals surface area contributed by atoms with Gasteiger partial charge in [0, 0.05) is 16.8 Å². The van der Waals surface area contributed by atoms with Crippen molar-refractivity contribution in [3.8, 4) is 22.3 Å². The van der Waals surface area contributed by atoms with Gasteiger partial charge in [0.05, 0.1) is 11.4 Å². The van der Waals surface area contributed by atoms with Gasteiger partial charge in [-0.1, -0.05) is 78.4 Å². The highest BCUT2D eigenvalue weighted by Crippen LogP contribution is 2.50. The van der Waals surface area contributed by atoms with Crippen molar-refractivity contribution in [3.05, 3.63) is 103 Å². The lowest BCUT2D eigenvalue weighted by Gasteiger charge is -2.27. The lowest BCUT2D eigenvalue weighted by atomic mass is 9.95. The number of rotatable bonds is 1. The molecule has 1 heteroatoms. The SMILES string of the molecule is Cc1ccc(N2c3ccccc3-c3ccccc3-c3ccccc32)cc1. The summed E-state index contributed by atoms with van der Waals surface area (Å²) in [6.45, 7) is 2.13. The lowest BCUT2D eigenvalue weighted by Crippen LogP contribution is -2.10. The van der Waals surface area contributed by atoms with Crippen LogP contribution < -0.4 is 4.90 Å². The van der Waals surface area contributed by atoms with E-state index < -0.39 is 0 Å². The van der Waals surface area contributed by atoms with Gasteiger partial charge in [-0.05, 0) is 42.3 Å². The minimum absolute atomic E-state index is 1.18. The summed E-state index contributed by atoms with van der Waals surface area (Å²) in [6, 6.07) is 34.8. The van der Waals surface area contributed by atoms with E-state index in [1.807, 2.05) is 0 Å². The van der Waals surface area contributed by atoms with Crippen molar-refractivity contribution >= 4 is 17.1 Å². The van der Waals surface area contributed by atoms with E-state index >= 15 is 0 Å². The average molecular weight is 333 g/mol. The van der Waals surface area contributed by atoms with Crippen LogP contribution in [0, 0.1) is 6.92 Å². The summed E-state index contributed by atoms with van der Waals surface area (Å²) in [5.74, 6) is 0. The molecule has 0 atom stereocenters. The summed E-state index contributed by atoms with van der Waals surface area (Å²) in [4.78, 5) is 2.38. The summed E-state index contributed by atoms with van der Waals surface area (Å²) in [5.41, 5.74) is 9.98. The Kier molecular flexibility index (Phi) is 3.39. The zero-order valence-electron chi connectivity index (χ0n) is 14.7. The van der Waals surface area contributed by atoms with E-state index in [0.29, 0.717) is 0 Å². The van der Waals surface area contributed by atoms with Crippen LogP contribution in [-0.4, -0.2) is 0 Å². The second-order valence-corrected chi connectivity index (χ2v) is 6.75. The van der Waals surface area contributed by atoms with Crippen LogP contribution in [-0.2, 0) is 0 Å². The number of para-hydroxylation sites is 2. The van der Waals surface area contributed by atoms with Crippen LogP contribution in [0.25, 0.3) is 22.3 Å². The molecule has 0 spiro atoms. The van der Waals surface area contributed by atoms with Gasteiger partial charge in [0.25, 0.3) is 0 Å². The first-order valence-electron chi connectivity index (χ1n) is 8.97. The Morgan fingerprint density at radius 1 is 0.462 bits per heavy atom. The molecule has 0 saturated heterocycles. The van der Waals surface area contributed by atoms with Gasteiger partial charge in [0.1, 0.15) is 0 Å². The predicted molar refractivity (Wildman–Crippen MR) is 110 cm³/mol. The number of hydrogen-bond acceptors (Lipinski definition) is 1. The first-order chi connectivity index (χ1) is 12.8. The van der Waals surface area contributed by atoms with Gasteiger partial charge in [-0.3, -0.25) is 0 Å². The molecule has 0 radical (unpaired) electrons. The summed E-state index contributed by atoms with van der Waals surface area (Å²) >= 11 is 0.